The fraction of sp³-hybridized carbons (Fsp3) is 0.955. The minimum atomic E-state index is -4.53. The Bertz CT molecular complexity index is 632. The normalized spacial score (nSPS) is 52.6. The van der Waals surface area contributed by atoms with Crippen molar-refractivity contribution in [2.75, 3.05) is 0 Å². The summed E-state index contributed by atoms with van der Waals surface area (Å²) < 4.78 is 40.2. The number of fused-ring (bicyclic) bond motifs is 5. The average Bonchev–Trinajstić information content (AvgIpc) is 2.92. The van der Waals surface area contributed by atoms with Gasteiger partial charge in [-0.15, -0.1) is 0 Å². The Morgan fingerprint density at radius 1 is 0.926 bits per heavy atom. The average molecular weight is 386 g/mol. The number of halogens is 3. The van der Waals surface area contributed by atoms with Crippen LogP contribution in [0.3, 0.4) is 0 Å². The van der Waals surface area contributed by atoms with Crippen LogP contribution in [0.25, 0.3) is 0 Å². The molecule has 5 heteroatoms. The lowest BCUT2D eigenvalue weighted by Crippen LogP contribution is -2.59. The van der Waals surface area contributed by atoms with Crippen molar-refractivity contribution >= 4 is 5.78 Å². The standard InChI is InChI=1S/C22H33F3O2/c1-13(26)16-6-7-17-15-5-4-14-12-21(27,22(23,24)25)11-10-19(14,2)18(15)8-9-20(16,17)3/h14-18,27H,4-12H2,1-3H3/t14-,15-,16+,17-,18-,19-,20+,21-/m0/s1. The van der Waals surface area contributed by atoms with Crippen LogP contribution in [0.2, 0.25) is 0 Å². The van der Waals surface area contributed by atoms with Gasteiger partial charge in [0, 0.05) is 5.92 Å². The zero-order chi connectivity index (χ0) is 19.8. The molecule has 0 unspecified atom stereocenters. The van der Waals surface area contributed by atoms with E-state index in [1.54, 1.807) is 6.92 Å². The minimum absolute atomic E-state index is 0.0477. The summed E-state index contributed by atoms with van der Waals surface area (Å²) in [5.41, 5.74) is -2.52. The van der Waals surface area contributed by atoms with E-state index in [0.717, 1.165) is 38.5 Å². The highest BCUT2D eigenvalue weighted by Crippen LogP contribution is 2.68. The second kappa shape index (κ2) is 5.96. The summed E-state index contributed by atoms with van der Waals surface area (Å²) >= 11 is 0. The molecule has 0 spiro atoms. The molecule has 4 saturated carbocycles. The SMILES string of the molecule is CC(=O)[C@H]1CC[C@H]2[C@@H]3CC[C@H]4C[C@](O)(C(F)(F)F)CC[C@]4(C)[C@H]3CC[C@]12C. The van der Waals surface area contributed by atoms with Gasteiger partial charge in [0.05, 0.1) is 0 Å². The van der Waals surface area contributed by atoms with Crippen LogP contribution in [0, 0.1) is 40.4 Å². The third-order valence-corrected chi connectivity index (χ3v) is 9.74. The van der Waals surface area contributed by atoms with E-state index in [0.29, 0.717) is 30.0 Å². The molecule has 4 aliphatic rings. The van der Waals surface area contributed by atoms with Crippen LogP contribution in [0.5, 0.6) is 0 Å². The van der Waals surface area contributed by atoms with Crippen LogP contribution in [-0.2, 0) is 4.79 Å². The Kier molecular flexibility index (Phi) is 4.36. The molecule has 0 amide bonds. The zero-order valence-electron chi connectivity index (χ0n) is 16.7. The van der Waals surface area contributed by atoms with Gasteiger partial charge in [0.1, 0.15) is 5.78 Å². The number of carbonyl (C=O) groups is 1. The van der Waals surface area contributed by atoms with Crippen LogP contribution in [-0.4, -0.2) is 22.7 Å². The third-order valence-electron chi connectivity index (χ3n) is 9.74. The number of ketones is 1. The first-order valence-electron chi connectivity index (χ1n) is 10.7. The number of aliphatic hydroxyl groups is 1. The smallest absolute Gasteiger partial charge is 0.380 e. The molecular weight excluding hydrogens is 353 g/mol. The van der Waals surface area contributed by atoms with Crippen molar-refractivity contribution in [3.05, 3.63) is 0 Å². The Labute approximate surface area is 160 Å². The number of Topliss-reactive ketones (excluding diaryl/α,β-unsaturated/α-hetero) is 1. The summed E-state index contributed by atoms with van der Waals surface area (Å²) in [5, 5.41) is 10.3. The second-order valence-corrected chi connectivity index (χ2v) is 10.7. The molecule has 0 heterocycles. The molecule has 0 radical (unpaired) electrons. The number of rotatable bonds is 1. The van der Waals surface area contributed by atoms with Crippen LogP contribution in [0.1, 0.15) is 78.6 Å². The van der Waals surface area contributed by atoms with Gasteiger partial charge in [0.25, 0.3) is 0 Å². The van der Waals surface area contributed by atoms with Crippen molar-refractivity contribution in [2.24, 2.45) is 40.4 Å². The molecule has 1 N–H and O–H groups in total. The highest BCUT2D eigenvalue weighted by Gasteiger charge is 2.65. The van der Waals surface area contributed by atoms with E-state index in [1.165, 1.54) is 0 Å². The molecular formula is C22H33F3O2. The van der Waals surface area contributed by atoms with Crippen LogP contribution < -0.4 is 0 Å². The van der Waals surface area contributed by atoms with Crippen molar-refractivity contribution in [3.63, 3.8) is 0 Å². The summed E-state index contributed by atoms with van der Waals surface area (Å²) in [6.07, 6.45) is 1.51. The van der Waals surface area contributed by atoms with E-state index < -0.39 is 11.8 Å². The second-order valence-electron chi connectivity index (χ2n) is 10.7. The summed E-state index contributed by atoms with van der Waals surface area (Å²) in [6.45, 7) is 6.22. The summed E-state index contributed by atoms with van der Waals surface area (Å²) in [4.78, 5) is 12.2. The molecule has 0 aromatic carbocycles. The van der Waals surface area contributed by atoms with E-state index in [2.05, 4.69) is 13.8 Å². The van der Waals surface area contributed by atoms with Gasteiger partial charge in [0.2, 0.25) is 0 Å². The molecule has 2 nitrogen and oxygen atoms in total. The summed E-state index contributed by atoms with van der Waals surface area (Å²) in [7, 11) is 0. The van der Waals surface area contributed by atoms with Crippen LogP contribution in [0.15, 0.2) is 0 Å². The van der Waals surface area contributed by atoms with Crippen molar-refractivity contribution in [2.45, 2.75) is 90.3 Å². The van der Waals surface area contributed by atoms with Crippen molar-refractivity contribution < 1.29 is 23.1 Å². The molecule has 0 aromatic rings. The Morgan fingerprint density at radius 2 is 1.59 bits per heavy atom. The fourth-order valence-electron chi connectivity index (χ4n) is 8.17. The van der Waals surface area contributed by atoms with Gasteiger partial charge in [-0.05, 0) is 99.2 Å². The Hall–Kier alpha value is -0.580. The van der Waals surface area contributed by atoms with Gasteiger partial charge in [-0.3, -0.25) is 4.79 Å². The van der Waals surface area contributed by atoms with Crippen molar-refractivity contribution in [1.82, 2.24) is 0 Å². The molecule has 8 atom stereocenters. The first kappa shape index (κ1) is 19.7. The highest BCUT2D eigenvalue weighted by molar-refractivity contribution is 5.79. The molecule has 27 heavy (non-hydrogen) atoms. The Morgan fingerprint density at radius 3 is 2.22 bits per heavy atom. The fourth-order valence-corrected chi connectivity index (χ4v) is 8.17. The first-order valence-corrected chi connectivity index (χ1v) is 10.7. The summed E-state index contributed by atoms with van der Waals surface area (Å²) in [5.74, 6) is 1.94. The topological polar surface area (TPSA) is 37.3 Å². The maximum Gasteiger partial charge on any atom is 0.417 e. The molecule has 0 bridgehead atoms. The van der Waals surface area contributed by atoms with Gasteiger partial charge in [-0.2, -0.15) is 13.2 Å². The highest BCUT2D eigenvalue weighted by atomic mass is 19.4. The number of hydrogen-bond acceptors (Lipinski definition) is 2. The lowest BCUT2D eigenvalue weighted by Gasteiger charge is -2.62. The predicted octanol–water partition coefficient (Wildman–Crippen LogP) is 5.53. The minimum Gasteiger partial charge on any atom is -0.380 e. The monoisotopic (exact) mass is 386 g/mol. The number of hydrogen-bond donors (Lipinski definition) is 1. The lowest BCUT2D eigenvalue weighted by atomic mass is 9.43. The largest absolute Gasteiger partial charge is 0.417 e. The molecule has 154 valence electrons. The van der Waals surface area contributed by atoms with Gasteiger partial charge >= 0.3 is 6.18 Å². The van der Waals surface area contributed by atoms with Crippen molar-refractivity contribution in [1.29, 1.82) is 0 Å². The molecule has 0 aromatic heterocycles. The molecule has 4 rings (SSSR count). The van der Waals surface area contributed by atoms with Crippen LogP contribution in [0.4, 0.5) is 13.2 Å². The maximum absolute atomic E-state index is 13.4. The van der Waals surface area contributed by atoms with E-state index in [1.807, 2.05) is 0 Å². The maximum atomic E-state index is 13.4. The van der Waals surface area contributed by atoms with E-state index in [4.69, 9.17) is 0 Å². The van der Waals surface area contributed by atoms with Gasteiger partial charge in [-0.25, -0.2) is 0 Å². The van der Waals surface area contributed by atoms with Crippen molar-refractivity contribution in [3.8, 4) is 0 Å². The van der Waals surface area contributed by atoms with Gasteiger partial charge in [-0.1, -0.05) is 13.8 Å². The first-order chi connectivity index (χ1) is 12.4. The molecule has 4 fully saturated rings. The zero-order valence-corrected chi connectivity index (χ0v) is 16.7. The van der Waals surface area contributed by atoms with E-state index in [9.17, 15) is 23.1 Å². The van der Waals surface area contributed by atoms with E-state index >= 15 is 0 Å². The van der Waals surface area contributed by atoms with E-state index in [-0.39, 0.29) is 35.5 Å². The third kappa shape index (κ3) is 2.66. The predicted molar refractivity (Wildman–Crippen MR) is 96.9 cm³/mol. The lowest BCUT2D eigenvalue weighted by molar-refractivity contribution is -0.290. The van der Waals surface area contributed by atoms with Gasteiger partial charge in [0.15, 0.2) is 5.60 Å². The Balaban J connectivity index is 1.59. The molecule has 0 aliphatic heterocycles. The summed E-state index contributed by atoms with van der Waals surface area (Å²) in [6, 6.07) is 0. The molecule has 0 saturated heterocycles. The number of alkyl halides is 3. The van der Waals surface area contributed by atoms with Gasteiger partial charge < -0.3 is 5.11 Å². The number of carbonyl (C=O) groups excluding carboxylic acids is 1. The van der Waals surface area contributed by atoms with Crippen LogP contribution >= 0.6 is 0 Å². The molecule has 4 aliphatic carbocycles. The quantitative estimate of drug-likeness (QED) is 0.643.